The van der Waals surface area contributed by atoms with Crippen LogP contribution in [0.3, 0.4) is 0 Å². The van der Waals surface area contributed by atoms with Crippen molar-refractivity contribution in [2.75, 3.05) is 26.2 Å². The third kappa shape index (κ3) is 3.20. The number of sulfonamides is 1. The van der Waals surface area contributed by atoms with E-state index in [1.165, 1.54) is 11.1 Å². The summed E-state index contributed by atoms with van der Waals surface area (Å²) in [6, 6.07) is 18.1. The summed E-state index contributed by atoms with van der Waals surface area (Å²) in [6.45, 7) is 7.44. The molecule has 2 aromatic rings. The van der Waals surface area contributed by atoms with Crippen molar-refractivity contribution in [3.63, 3.8) is 0 Å². The third-order valence-corrected chi connectivity index (χ3v) is 7.50. The van der Waals surface area contributed by atoms with Crippen molar-refractivity contribution in [3.8, 4) is 0 Å². The molecule has 0 bridgehead atoms. The van der Waals surface area contributed by atoms with Crippen LogP contribution in [0, 0.1) is 0 Å². The molecule has 0 saturated carbocycles. The summed E-state index contributed by atoms with van der Waals surface area (Å²) in [5, 5.41) is 0. The number of hydrogen-bond acceptors (Lipinski definition) is 3. The summed E-state index contributed by atoms with van der Waals surface area (Å²) >= 11 is 0. The Morgan fingerprint density at radius 3 is 2.46 bits per heavy atom. The van der Waals surface area contributed by atoms with Crippen LogP contribution in [0.25, 0.3) is 0 Å². The van der Waals surface area contributed by atoms with E-state index in [4.69, 9.17) is 0 Å². The Bertz CT molecular complexity index is 893. The van der Waals surface area contributed by atoms with Crippen LogP contribution in [0.15, 0.2) is 54.6 Å². The van der Waals surface area contributed by atoms with Gasteiger partial charge in [0.15, 0.2) is 0 Å². The van der Waals surface area contributed by atoms with E-state index in [0.717, 1.165) is 18.7 Å². The third-order valence-electron chi connectivity index (χ3n) is 5.69. The minimum absolute atomic E-state index is 0.0771. The van der Waals surface area contributed by atoms with Crippen LogP contribution < -0.4 is 0 Å². The Balaban J connectivity index is 1.61. The van der Waals surface area contributed by atoms with Crippen molar-refractivity contribution in [2.45, 2.75) is 31.1 Å². The largest absolute Gasteiger partial charge is 0.293 e. The van der Waals surface area contributed by atoms with Gasteiger partial charge in [0.1, 0.15) is 0 Å². The average molecular weight is 371 g/mol. The van der Waals surface area contributed by atoms with E-state index >= 15 is 0 Å². The highest BCUT2D eigenvalue weighted by Crippen LogP contribution is 2.41. The summed E-state index contributed by atoms with van der Waals surface area (Å²) in [5.41, 5.74) is 3.57. The predicted molar refractivity (Wildman–Crippen MR) is 104 cm³/mol. The molecule has 4 rings (SSSR count). The fourth-order valence-corrected chi connectivity index (χ4v) is 5.93. The smallest absolute Gasteiger partial charge is 0.218 e. The van der Waals surface area contributed by atoms with Crippen LogP contribution >= 0.6 is 0 Å². The average Bonchev–Trinajstić information content (AvgIpc) is 2.62. The van der Waals surface area contributed by atoms with Gasteiger partial charge in [-0.3, -0.25) is 4.90 Å². The molecule has 0 radical (unpaired) electrons. The van der Waals surface area contributed by atoms with E-state index in [2.05, 4.69) is 43.0 Å². The molecule has 0 aliphatic carbocycles. The van der Waals surface area contributed by atoms with E-state index < -0.39 is 10.0 Å². The standard InChI is InChI=1S/C21H26N2O2S/c1-21(2)16-22-12-13-23(14-20(22)18-10-6-7-11-19(18)21)26(24,25)15-17-8-4-3-5-9-17/h3-11,20H,12-16H2,1-2H3. The molecule has 138 valence electrons. The van der Waals surface area contributed by atoms with E-state index in [-0.39, 0.29) is 17.2 Å². The van der Waals surface area contributed by atoms with Gasteiger partial charge in [0.25, 0.3) is 0 Å². The Hall–Kier alpha value is -1.69. The van der Waals surface area contributed by atoms with E-state index in [1.54, 1.807) is 4.31 Å². The van der Waals surface area contributed by atoms with Crippen LogP contribution in [0.4, 0.5) is 0 Å². The molecule has 0 amide bonds. The molecule has 1 unspecified atom stereocenters. The minimum atomic E-state index is -3.31. The zero-order valence-electron chi connectivity index (χ0n) is 15.4. The van der Waals surface area contributed by atoms with Gasteiger partial charge < -0.3 is 0 Å². The number of hydrogen-bond donors (Lipinski definition) is 0. The highest BCUT2D eigenvalue weighted by atomic mass is 32.2. The molecular formula is C21H26N2O2S. The monoisotopic (exact) mass is 370 g/mol. The van der Waals surface area contributed by atoms with Crippen molar-refractivity contribution >= 4 is 10.0 Å². The lowest BCUT2D eigenvalue weighted by Gasteiger charge is -2.49. The molecule has 1 atom stereocenters. The van der Waals surface area contributed by atoms with Crippen molar-refractivity contribution in [1.82, 2.24) is 9.21 Å². The molecule has 0 spiro atoms. The summed E-state index contributed by atoms with van der Waals surface area (Å²) in [4.78, 5) is 2.46. The Morgan fingerprint density at radius 1 is 1.00 bits per heavy atom. The van der Waals surface area contributed by atoms with Crippen LogP contribution in [0.2, 0.25) is 0 Å². The second-order valence-corrected chi connectivity index (χ2v) is 10.0. The van der Waals surface area contributed by atoms with E-state index in [0.29, 0.717) is 13.1 Å². The second-order valence-electron chi connectivity index (χ2n) is 8.06. The molecule has 1 fully saturated rings. The fraction of sp³-hybridized carbons (Fsp3) is 0.429. The van der Waals surface area contributed by atoms with Gasteiger partial charge in [0.2, 0.25) is 10.0 Å². The first-order valence-electron chi connectivity index (χ1n) is 9.22. The molecule has 2 aliphatic rings. The molecule has 1 saturated heterocycles. The molecular weight excluding hydrogens is 344 g/mol. The number of rotatable bonds is 3. The highest BCUT2D eigenvalue weighted by molar-refractivity contribution is 7.88. The fourth-order valence-electron chi connectivity index (χ4n) is 4.41. The Kier molecular flexibility index (Phi) is 4.41. The lowest BCUT2D eigenvalue weighted by Crippen LogP contribution is -2.56. The van der Waals surface area contributed by atoms with E-state index in [9.17, 15) is 8.42 Å². The summed E-state index contributed by atoms with van der Waals surface area (Å²) in [6.07, 6.45) is 0. The molecule has 0 aromatic heterocycles. The van der Waals surface area contributed by atoms with Gasteiger partial charge in [0, 0.05) is 37.6 Å². The number of nitrogens with zero attached hydrogens (tertiary/aromatic N) is 2. The summed E-state index contributed by atoms with van der Waals surface area (Å²) in [5.74, 6) is 0.0771. The van der Waals surface area contributed by atoms with Gasteiger partial charge >= 0.3 is 0 Å². The van der Waals surface area contributed by atoms with Crippen molar-refractivity contribution < 1.29 is 8.42 Å². The van der Waals surface area contributed by atoms with Crippen LogP contribution in [-0.2, 0) is 21.2 Å². The molecule has 26 heavy (non-hydrogen) atoms. The SMILES string of the molecule is CC1(C)CN2CCN(S(=O)(=O)Cc3ccccc3)CC2c2ccccc21. The zero-order valence-corrected chi connectivity index (χ0v) is 16.2. The quantitative estimate of drug-likeness (QED) is 0.833. The predicted octanol–water partition coefficient (Wildman–Crippen LogP) is 3.17. The maximum Gasteiger partial charge on any atom is 0.218 e. The van der Waals surface area contributed by atoms with Gasteiger partial charge in [-0.25, -0.2) is 8.42 Å². The van der Waals surface area contributed by atoms with Gasteiger partial charge in [-0.1, -0.05) is 68.4 Å². The lowest BCUT2D eigenvalue weighted by molar-refractivity contribution is 0.0807. The van der Waals surface area contributed by atoms with Gasteiger partial charge in [-0.05, 0) is 16.7 Å². The van der Waals surface area contributed by atoms with E-state index in [1.807, 2.05) is 30.3 Å². The normalized spacial score (nSPS) is 23.2. The van der Waals surface area contributed by atoms with Crippen molar-refractivity contribution in [2.24, 2.45) is 0 Å². The summed E-state index contributed by atoms with van der Waals surface area (Å²) < 4.78 is 27.6. The van der Waals surface area contributed by atoms with Crippen LogP contribution in [0.5, 0.6) is 0 Å². The molecule has 0 N–H and O–H groups in total. The first kappa shape index (κ1) is 17.7. The van der Waals surface area contributed by atoms with Gasteiger partial charge in [-0.2, -0.15) is 4.31 Å². The minimum Gasteiger partial charge on any atom is -0.293 e. The van der Waals surface area contributed by atoms with Gasteiger partial charge in [-0.15, -0.1) is 0 Å². The second kappa shape index (κ2) is 6.48. The molecule has 5 heteroatoms. The van der Waals surface area contributed by atoms with Crippen molar-refractivity contribution in [3.05, 3.63) is 71.3 Å². The van der Waals surface area contributed by atoms with Crippen LogP contribution in [-0.4, -0.2) is 43.8 Å². The number of fused-ring (bicyclic) bond motifs is 3. The number of piperazine rings is 1. The first-order chi connectivity index (χ1) is 12.4. The number of benzene rings is 2. The maximum absolute atomic E-state index is 13.0. The maximum atomic E-state index is 13.0. The molecule has 2 aliphatic heterocycles. The highest BCUT2D eigenvalue weighted by Gasteiger charge is 2.42. The Morgan fingerprint density at radius 2 is 1.69 bits per heavy atom. The first-order valence-corrected chi connectivity index (χ1v) is 10.8. The van der Waals surface area contributed by atoms with Crippen LogP contribution in [0.1, 0.15) is 36.6 Å². The van der Waals surface area contributed by atoms with Gasteiger partial charge in [0.05, 0.1) is 5.75 Å². The molecule has 4 nitrogen and oxygen atoms in total. The topological polar surface area (TPSA) is 40.6 Å². The Labute approximate surface area is 156 Å². The summed E-state index contributed by atoms with van der Waals surface area (Å²) in [7, 11) is -3.31. The molecule has 2 heterocycles. The molecule has 2 aromatic carbocycles. The lowest BCUT2D eigenvalue weighted by atomic mass is 9.75. The zero-order chi connectivity index (χ0) is 18.4. The van der Waals surface area contributed by atoms with Crippen molar-refractivity contribution in [1.29, 1.82) is 0 Å².